The highest BCUT2D eigenvalue weighted by atomic mass is 16.1. The van der Waals surface area contributed by atoms with Gasteiger partial charge < -0.3 is 0 Å². The van der Waals surface area contributed by atoms with Gasteiger partial charge in [-0.3, -0.25) is 9.69 Å². The molecular weight excluding hydrogens is 162 g/mol. The fraction of sp³-hybridized carbons (Fsp3) is 0.909. The predicted octanol–water partition coefficient (Wildman–Crippen LogP) is 1.84. The van der Waals surface area contributed by atoms with Crippen LogP contribution in [0.1, 0.15) is 39.0 Å². The van der Waals surface area contributed by atoms with Crippen molar-refractivity contribution in [3.8, 4) is 0 Å². The molecule has 1 unspecified atom stereocenters. The first-order chi connectivity index (χ1) is 6.31. The third-order valence-electron chi connectivity index (χ3n) is 3.64. The lowest BCUT2D eigenvalue weighted by atomic mass is 9.78. The Morgan fingerprint density at radius 2 is 2.31 bits per heavy atom. The molecule has 0 N–H and O–H groups in total. The Labute approximate surface area is 80.3 Å². The van der Waals surface area contributed by atoms with Crippen molar-refractivity contribution in [2.75, 3.05) is 13.1 Å². The highest BCUT2D eigenvalue weighted by Crippen LogP contribution is 2.34. The van der Waals surface area contributed by atoms with E-state index in [0.29, 0.717) is 11.8 Å². The summed E-state index contributed by atoms with van der Waals surface area (Å²) in [6, 6.07) is 0.709. The van der Waals surface area contributed by atoms with Gasteiger partial charge in [0, 0.05) is 19.0 Å². The molecule has 2 aliphatic rings. The van der Waals surface area contributed by atoms with Gasteiger partial charge in [-0.25, -0.2) is 0 Å². The Kier molecular flexibility index (Phi) is 2.68. The van der Waals surface area contributed by atoms with Crippen LogP contribution in [0.2, 0.25) is 0 Å². The lowest BCUT2D eigenvalue weighted by Gasteiger charge is -2.38. The fourth-order valence-electron chi connectivity index (χ4n) is 2.65. The van der Waals surface area contributed by atoms with Gasteiger partial charge in [0.05, 0.1) is 6.54 Å². The van der Waals surface area contributed by atoms with Crippen molar-refractivity contribution in [3.63, 3.8) is 0 Å². The smallest absolute Gasteiger partial charge is 0.148 e. The van der Waals surface area contributed by atoms with Crippen LogP contribution in [-0.4, -0.2) is 29.8 Å². The molecule has 0 radical (unpaired) electrons. The number of nitrogens with zero attached hydrogens (tertiary/aromatic N) is 1. The van der Waals surface area contributed by atoms with Crippen LogP contribution in [0.3, 0.4) is 0 Å². The highest BCUT2D eigenvalue weighted by Gasteiger charge is 2.33. The molecule has 1 atom stereocenters. The minimum atomic E-state index is 0.442. The molecule has 1 aliphatic heterocycles. The molecule has 2 fully saturated rings. The van der Waals surface area contributed by atoms with Crippen molar-refractivity contribution in [1.82, 2.24) is 4.90 Å². The Balaban J connectivity index is 1.91. The standard InChI is InChI=1S/C11H19NO/c1-2-11(9-4-3-5-9)12-7-6-10(13)8-12/h9,11H,2-8H2,1H3. The summed E-state index contributed by atoms with van der Waals surface area (Å²) >= 11 is 0. The van der Waals surface area contributed by atoms with Crippen LogP contribution < -0.4 is 0 Å². The first-order valence-electron chi connectivity index (χ1n) is 5.57. The number of ketones is 1. The molecule has 2 nitrogen and oxygen atoms in total. The van der Waals surface area contributed by atoms with Gasteiger partial charge in [0.15, 0.2) is 0 Å². The minimum Gasteiger partial charge on any atom is -0.298 e. The van der Waals surface area contributed by atoms with E-state index >= 15 is 0 Å². The number of Topliss-reactive ketones (excluding diaryl/α,β-unsaturated/α-hetero) is 1. The number of rotatable bonds is 3. The van der Waals surface area contributed by atoms with Crippen LogP contribution in [0.4, 0.5) is 0 Å². The second-order valence-electron chi connectivity index (χ2n) is 4.43. The molecule has 0 bridgehead atoms. The van der Waals surface area contributed by atoms with Crippen LogP contribution in [0.5, 0.6) is 0 Å². The summed E-state index contributed by atoms with van der Waals surface area (Å²) in [7, 11) is 0. The predicted molar refractivity (Wildman–Crippen MR) is 52.6 cm³/mol. The second kappa shape index (κ2) is 3.79. The Hall–Kier alpha value is -0.370. The summed E-state index contributed by atoms with van der Waals surface area (Å²) in [5.41, 5.74) is 0. The van der Waals surface area contributed by atoms with Crippen molar-refractivity contribution in [3.05, 3.63) is 0 Å². The second-order valence-corrected chi connectivity index (χ2v) is 4.43. The number of carbonyl (C=O) groups excluding carboxylic acids is 1. The fourth-order valence-corrected chi connectivity index (χ4v) is 2.65. The summed E-state index contributed by atoms with van der Waals surface area (Å²) < 4.78 is 0. The molecule has 0 aromatic heterocycles. The number of hydrogen-bond donors (Lipinski definition) is 0. The van der Waals surface area contributed by atoms with Crippen LogP contribution in [-0.2, 0) is 4.79 Å². The third kappa shape index (κ3) is 1.78. The quantitative estimate of drug-likeness (QED) is 0.662. The number of hydrogen-bond acceptors (Lipinski definition) is 2. The molecular formula is C11H19NO. The van der Waals surface area contributed by atoms with Gasteiger partial charge >= 0.3 is 0 Å². The van der Waals surface area contributed by atoms with Crippen molar-refractivity contribution < 1.29 is 4.79 Å². The average molecular weight is 181 g/mol. The average Bonchev–Trinajstić information content (AvgIpc) is 2.43. The van der Waals surface area contributed by atoms with E-state index < -0.39 is 0 Å². The van der Waals surface area contributed by atoms with Crippen molar-refractivity contribution >= 4 is 5.78 Å². The lowest BCUT2D eigenvalue weighted by Crippen LogP contribution is -2.41. The molecule has 2 heteroatoms. The maximum absolute atomic E-state index is 11.2. The van der Waals surface area contributed by atoms with Crippen LogP contribution in [0, 0.1) is 5.92 Å². The molecule has 2 rings (SSSR count). The summed E-state index contributed by atoms with van der Waals surface area (Å²) in [4.78, 5) is 13.6. The topological polar surface area (TPSA) is 20.3 Å². The van der Waals surface area contributed by atoms with E-state index in [1.165, 1.54) is 25.7 Å². The SMILES string of the molecule is CCC(C1CCC1)N1CCC(=O)C1. The van der Waals surface area contributed by atoms with Crippen LogP contribution in [0.15, 0.2) is 0 Å². The van der Waals surface area contributed by atoms with Crippen LogP contribution >= 0.6 is 0 Å². The van der Waals surface area contributed by atoms with Crippen LogP contribution in [0.25, 0.3) is 0 Å². The normalized spacial score (nSPS) is 27.6. The van der Waals surface area contributed by atoms with Crippen molar-refractivity contribution in [2.24, 2.45) is 5.92 Å². The zero-order chi connectivity index (χ0) is 9.26. The summed E-state index contributed by atoms with van der Waals surface area (Å²) in [6.45, 7) is 4.01. The first kappa shape index (κ1) is 9.20. The lowest BCUT2D eigenvalue weighted by molar-refractivity contribution is -0.117. The summed E-state index contributed by atoms with van der Waals surface area (Å²) in [5.74, 6) is 1.34. The third-order valence-corrected chi connectivity index (χ3v) is 3.64. The van der Waals surface area contributed by atoms with E-state index in [2.05, 4.69) is 11.8 Å². The molecule has 1 saturated heterocycles. The van der Waals surface area contributed by atoms with E-state index in [1.807, 2.05) is 0 Å². The molecule has 0 aromatic rings. The molecule has 1 heterocycles. The van der Waals surface area contributed by atoms with Gasteiger partial charge in [-0.1, -0.05) is 13.3 Å². The maximum atomic E-state index is 11.2. The van der Waals surface area contributed by atoms with Gasteiger partial charge in [-0.05, 0) is 25.2 Å². The zero-order valence-electron chi connectivity index (χ0n) is 8.46. The van der Waals surface area contributed by atoms with Crippen molar-refractivity contribution in [2.45, 2.75) is 45.1 Å². The number of carbonyl (C=O) groups is 1. The summed E-state index contributed by atoms with van der Waals surface area (Å²) in [6.07, 6.45) is 6.20. The molecule has 13 heavy (non-hydrogen) atoms. The molecule has 1 aliphatic carbocycles. The Morgan fingerprint density at radius 3 is 2.69 bits per heavy atom. The highest BCUT2D eigenvalue weighted by molar-refractivity contribution is 5.82. The minimum absolute atomic E-state index is 0.442. The monoisotopic (exact) mass is 181 g/mol. The van der Waals surface area contributed by atoms with Gasteiger partial charge in [-0.15, -0.1) is 0 Å². The molecule has 74 valence electrons. The van der Waals surface area contributed by atoms with E-state index in [4.69, 9.17) is 0 Å². The molecule has 0 aromatic carbocycles. The zero-order valence-corrected chi connectivity index (χ0v) is 8.46. The van der Waals surface area contributed by atoms with Gasteiger partial charge in [0.2, 0.25) is 0 Å². The summed E-state index contributed by atoms with van der Waals surface area (Å²) in [5, 5.41) is 0. The Bertz CT molecular complexity index is 198. The largest absolute Gasteiger partial charge is 0.298 e. The van der Waals surface area contributed by atoms with Crippen molar-refractivity contribution in [1.29, 1.82) is 0 Å². The first-order valence-corrected chi connectivity index (χ1v) is 5.57. The molecule has 0 spiro atoms. The molecule has 1 saturated carbocycles. The van der Waals surface area contributed by atoms with Gasteiger partial charge in [0.1, 0.15) is 5.78 Å². The Morgan fingerprint density at radius 1 is 1.54 bits per heavy atom. The van der Waals surface area contributed by atoms with E-state index in [1.54, 1.807) is 0 Å². The van der Waals surface area contributed by atoms with Gasteiger partial charge in [0.25, 0.3) is 0 Å². The van der Waals surface area contributed by atoms with Gasteiger partial charge in [-0.2, -0.15) is 0 Å². The van der Waals surface area contributed by atoms with E-state index in [9.17, 15) is 4.79 Å². The maximum Gasteiger partial charge on any atom is 0.148 e. The molecule has 0 amide bonds. The van der Waals surface area contributed by atoms with E-state index in [0.717, 1.165) is 25.4 Å². The number of likely N-dealkylation sites (tertiary alicyclic amines) is 1. The van der Waals surface area contributed by atoms with E-state index in [-0.39, 0.29) is 0 Å².